The second-order valence-corrected chi connectivity index (χ2v) is 6.09. The molecule has 0 spiro atoms. The molecular weight excluding hydrogens is 555 g/mol. The molecule has 1 amide bonds. The summed E-state index contributed by atoms with van der Waals surface area (Å²) in [7, 11) is 1.54. The number of carbonyl (C=O) groups is 2. The predicted molar refractivity (Wildman–Crippen MR) is 107 cm³/mol. The summed E-state index contributed by atoms with van der Waals surface area (Å²) in [5, 5.41) is 13.2. The maximum Gasteiger partial charge on any atom is 0.251 e. The van der Waals surface area contributed by atoms with E-state index in [9.17, 15) is 19.5 Å². The molecule has 1 aromatic carbocycles. The molecule has 3 rings (SSSR count). The first-order chi connectivity index (χ1) is 14.0. The Morgan fingerprint density at radius 1 is 1.27 bits per heavy atom. The van der Waals surface area contributed by atoms with E-state index in [1.54, 1.807) is 37.4 Å². The molecule has 153 valence electrons. The van der Waals surface area contributed by atoms with Gasteiger partial charge in [-0.15, -0.1) is 0 Å². The molecule has 0 aliphatic carbocycles. The van der Waals surface area contributed by atoms with Gasteiger partial charge in [-0.1, -0.05) is 36.5 Å². The molecule has 2 aromatic heterocycles. The van der Waals surface area contributed by atoms with Crippen molar-refractivity contribution < 1.29 is 41.8 Å². The van der Waals surface area contributed by atoms with Crippen LogP contribution in [0.25, 0.3) is 17.1 Å². The van der Waals surface area contributed by atoms with E-state index in [1.807, 2.05) is 0 Å². The normalized spacial score (nSPS) is 10.7. The largest absolute Gasteiger partial charge is 0.506 e. The molecular formula is C21H18N3O5Ta-. The number of ketones is 1. The molecule has 2 N–H and O–H groups in total. The summed E-state index contributed by atoms with van der Waals surface area (Å²) in [4.78, 5) is 44.4. The summed E-state index contributed by atoms with van der Waals surface area (Å²) < 4.78 is 4.89. The second-order valence-electron chi connectivity index (χ2n) is 6.09. The van der Waals surface area contributed by atoms with Gasteiger partial charge in [-0.2, -0.15) is 0 Å². The summed E-state index contributed by atoms with van der Waals surface area (Å²) >= 11 is 0. The minimum Gasteiger partial charge on any atom is -0.506 e. The fourth-order valence-corrected chi connectivity index (χ4v) is 2.69. The van der Waals surface area contributed by atoms with Crippen molar-refractivity contribution in [2.24, 2.45) is 0 Å². The van der Waals surface area contributed by atoms with Gasteiger partial charge in [0, 0.05) is 47.0 Å². The van der Waals surface area contributed by atoms with Crippen LogP contribution in [0.4, 0.5) is 0 Å². The van der Waals surface area contributed by atoms with Gasteiger partial charge < -0.3 is 25.1 Å². The number of nitrogens with zero attached hydrogens (tertiary/aromatic N) is 2. The molecule has 8 nitrogen and oxygen atoms in total. The van der Waals surface area contributed by atoms with Crippen LogP contribution in [0.15, 0.2) is 53.5 Å². The van der Waals surface area contributed by atoms with E-state index in [2.05, 4.69) is 15.3 Å². The molecule has 0 atom stereocenters. The van der Waals surface area contributed by atoms with Crippen molar-refractivity contribution in [1.82, 2.24) is 15.3 Å². The van der Waals surface area contributed by atoms with Crippen molar-refractivity contribution in [3.05, 3.63) is 75.7 Å². The fourth-order valence-electron chi connectivity index (χ4n) is 2.69. The Bertz CT molecular complexity index is 1160. The third kappa shape index (κ3) is 5.31. The van der Waals surface area contributed by atoms with Gasteiger partial charge in [-0.05, 0) is 29.4 Å². The maximum absolute atomic E-state index is 12.5. The number of carbonyl (C=O) groups excluding carboxylic acids is 2. The van der Waals surface area contributed by atoms with Gasteiger partial charge in [0.15, 0.2) is 11.3 Å². The van der Waals surface area contributed by atoms with E-state index >= 15 is 0 Å². The molecule has 30 heavy (non-hydrogen) atoms. The van der Waals surface area contributed by atoms with Gasteiger partial charge in [-0.25, -0.2) is 0 Å². The van der Waals surface area contributed by atoms with E-state index in [4.69, 9.17) is 4.74 Å². The van der Waals surface area contributed by atoms with Crippen LogP contribution < -0.4 is 15.9 Å². The van der Waals surface area contributed by atoms with Gasteiger partial charge >= 0.3 is 0 Å². The number of benzene rings is 1. The molecule has 0 saturated heterocycles. The number of rotatable bonds is 7. The summed E-state index contributed by atoms with van der Waals surface area (Å²) in [6, 6.07) is 9.72. The zero-order valence-electron chi connectivity index (χ0n) is 16.0. The van der Waals surface area contributed by atoms with Crippen molar-refractivity contribution in [2.75, 3.05) is 20.3 Å². The number of pyridine rings is 2. The van der Waals surface area contributed by atoms with Gasteiger partial charge in [0.25, 0.3) is 5.91 Å². The number of aromatic hydroxyl groups is 1. The van der Waals surface area contributed by atoms with Crippen molar-refractivity contribution in [3.8, 4) is 5.75 Å². The van der Waals surface area contributed by atoms with E-state index in [1.165, 1.54) is 18.3 Å². The minimum atomic E-state index is -0.852. The molecule has 0 fully saturated rings. The number of fused-ring (bicyclic) bond motifs is 1. The van der Waals surface area contributed by atoms with E-state index in [0.717, 1.165) is 6.08 Å². The SMILES string of the molecule is COCCNC(=O)c1cccc(/C=C/C(=O)c2c(O)c3cccnc3[n-]c2=O)c1.[Ta]. The molecule has 1 radical (unpaired) electrons. The van der Waals surface area contributed by atoms with Crippen molar-refractivity contribution in [3.63, 3.8) is 0 Å². The molecule has 0 unspecified atom stereocenters. The standard InChI is InChI=1S/C21H19N3O5.Ta/c1-29-11-10-23-20(27)14-5-2-4-13(12-14)7-8-16(25)17-18(26)15-6-3-9-22-19(15)24-21(17)28;/h2-9,12H,10-11H2,1H3,(H3,22,23,24,25,26,27,28);/p-1/b8-7+;. The Balaban J connectivity index is 0.00000320. The van der Waals surface area contributed by atoms with Gasteiger partial charge in [0.1, 0.15) is 11.3 Å². The number of nitrogens with one attached hydrogen (secondary N) is 1. The minimum absolute atomic E-state index is 0. The van der Waals surface area contributed by atoms with Crippen LogP contribution in [0.2, 0.25) is 0 Å². The number of hydrogen-bond acceptors (Lipinski definition) is 6. The molecule has 0 aliphatic heterocycles. The summed E-state index contributed by atoms with van der Waals surface area (Å²) in [6.45, 7) is 0.777. The average molecular weight is 573 g/mol. The Morgan fingerprint density at radius 3 is 2.83 bits per heavy atom. The van der Waals surface area contributed by atoms with Crippen LogP contribution >= 0.6 is 0 Å². The first kappa shape index (κ1) is 23.2. The Labute approximate surface area is 187 Å². The first-order valence-electron chi connectivity index (χ1n) is 8.75. The Morgan fingerprint density at radius 2 is 2.07 bits per heavy atom. The average Bonchev–Trinajstić information content (AvgIpc) is 2.72. The monoisotopic (exact) mass is 573 g/mol. The number of amides is 1. The number of methoxy groups -OCH3 is 1. The first-order valence-corrected chi connectivity index (χ1v) is 8.75. The fraction of sp³-hybridized carbons (Fsp3) is 0.143. The van der Waals surface area contributed by atoms with Crippen LogP contribution in [-0.4, -0.2) is 42.0 Å². The third-order valence-electron chi connectivity index (χ3n) is 4.11. The molecule has 3 aromatic rings. The Kier molecular flexibility index (Phi) is 8.25. The van der Waals surface area contributed by atoms with Crippen LogP contribution in [0.3, 0.4) is 0 Å². The van der Waals surface area contributed by atoms with Crippen molar-refractivity contribution in [2.45, 2.75) is 0 Å². The second kappa shape index (κ2) is 10.7. The van der Waals surface area contributed by atoms with E-state index in [-0.39, 0.29) is 39.3 Å². The van der Waals surface area contributed by atoms with Crippen LogP contribution in [0, 0.1) is 0 Å². The summed E-state index contributed by atoms with van der Waals surface area (Å²) in [6.07, 6.45) is 4.05. The number of allylic oxidation sites excluding steroid dienone is 1. The van der Waals surface area contributed by atoms with Gasteiger partial charge in [0.2, 0.25) is 0 Å². The number of hydrogen-bond donors (Lipinski definition) is 2. The smallest absolute Gasteiger partial charge is 0.251 e. The van der Waals surface area contributed by atoms with Crippen LogP contribution in [0.1, 0.15) is 26.3 Å². The third-order valence-corrected chi connectivity index (χ3v) is 4.11. The predicted octanol–water partition coefficient (Wildman–Crippen LogP) is 1.53. The Hall–Kier alpha value is -3.04. The van der Waals surface area contributed by atoms with Crippen molar-refractivity contribution >= 4 is 28.8 Å². The summed E-state index contributed by atoms with van der Waals surface area (Å²) in [5.74, 6) is -1.41. The quantitative estimate of drug-likeness (QED) is 0.250. The maximum atomic E-state index is 12.5. The van der Waals surface area contributed by atoms with Crippen LogP contribution in [0.5, 0.6) is 5.75 Å². The number of aromatic nitrogens is 2. The van der Waals surface area contributed by atoms with E-state index in [0.29, 0.717) is 24.3 Å². The molecule has 0 bridgehead atoms. The molecule has 2 heterocycles. The number of ether oxygens (including phenoxy) is 1. The molecule has 0 aliphatic rings. The zero-order valence-corrected chi connectivity index (χ0v) is 19.2. The molecule has 9 heteroatoms. The van der Waals surface area contributed by atoms with Crippen molar-refractivity contribution in [1.29, 1.82) is 0 Å². The van der Waals surface area contributed by atoms with Gasteiger partial charge in [-0.3, -0.25) is 14.4 Å². The molecule has 0 saturated carbocycles. The zero-order chi connectivity index (χ0) is 20.8. The topological polar surface area (TPSA) is 120 Å². The van der Waals surface area contributed by atoms with Crippen LogP contribution in [-0.2, 0) is 27.1 Å². The van der Waals surface area contributed by atoms with E-state index < -0.39 is 22.7 Å². The summed E-state index contributed by atoms with van der Waals surface area (Å²) in [5.41, 5.74) is -0.200. The van der Waals surface area contributed by atoms with Gasteiger partial charge in [0.05, 0.1) is 6.61 Å².